The zero-order valence-electron chi connectivity index (χ0n) is 13.8. The highest BCUT2D eigenvalue weighted by Crippen LogP contribution is 2.30. The first-order valence-corrected chi connectivity index (χ1v) is 8.17. The molecule has 3 rings (SSSR count). The molecule has 1 heterocycles. The molecule has 0 aliphatic heterocycles. The summed E-state index contributed by atoms with van der Waals surface area (Å²) < 4.78 is 27.4. The summed E-state index contributed by atoms with van der Waals surface area (Å²) in [5.74, 6) is -1.58. The van der Waals surface area contributed by atoms with E-state index in [1.54, 1.807) is 12.3 Å². The summed E-state index contributed by atoms with van der Waals surface area (Å²) >= 11 is 5.92. The number of carbonyl (C=O) groups is 1. The van der Waals surface area contributed by atoms with E-state index in [-0.39, 0.29) is 22.9 Å². The zero-order valence-corrected chi connectivity index (χ0v) is 14.5. The van der Waals surface area contributed by atoms with Gasteiger partial charge in [0.15, 0.2) is 0 Å². The number of benzene rings is 2. The first-order valence-electron chi connectivity index (χ1n) is 7.79. The van der Waals surface area contributed by atoms with E-state index in [4.69, 9.17) is 11.6 Å². The third kappa shape index (κ3) is 3.37. The molecular weight excluding hydrogens is 346 g/mol. The van der Waals surface area contributed by atoms with Gasteiger partial charge in [-0.2, -0.15) is 0 Å². The van der Waals surface area contributed by atoms with Crippen molar-refractivity contribution in [2.45, 2.75) is 19.3 Å². The summed E-state index contributed by atoms with van der Waals surface area (Å²) in [6.45, 7) is 4.08. The van der Waals surface area contributed by atoms with Crippen LogP contribution in [0.1, 0.15) is 29.8 Å². The van der Waals surface area contributed by atoms with Crippen molar-refractivity contribution in [3.05, 3.63) is 70.4 Å². The molecule has 1 amide bonds. The van der Waals surface area contributed by atoms with E-state index < -0.39 is 17.1 Å². The second kappa shape index (κ2) is 6.48. The first-order chi connectivity index (χ1) is 11.8. The maximum absolute atomic E-state index is 13.9. The van der Waals surface area contributed by atoms with Gasteiger partial charge < -0.3 is 10.3 Å². The molecule has 0 saturated heterocycles. The Hall–Kier alpha value is -2.40. The number of aromatic nitrogens is 1. The Labute approximate surface area is 149 Å². The molecule has 25 heavy (non-hydrogen) atoms. The van der Waals surface area contributed by atoms with E-state index in [2.05, 4.69) is 10.3 Å². The number of carbonyl (C=O) groups excluding carboxylic acids is 1. The zero-order chi connectivity index (χ0) is 18.2. The highest BCUT2D eigenvalue weighted by Gasteiger charge is 2.26. The Kier molecular flexibility index (Phi) is 4.52. The van der Waals surface area contributed by atoms with Gasteiger partial charge in [0.2, 0.25) is 0 Å². The third-order valence-corrected chi connectivity index (χ3v) is 4.57. The molecule has 0 spiro atoms. The lowest BCUT2D eigenvalue weighted by Crippen LogP contribution is -2.37. The number of hydrogen-bond acceptors (Lipinski definition) is 1. The van der Waals surface area contributed by atoms with E-state index in [1.165, 1.54) is 30.3 Å². The van der Waals surface area contributed by atoms with Gasteiger partial charge in [-0.25, -0.2) is 8.78 Å². The molecule has 130 valence electrons. The first kappa shape index (κ1) is 17.4. The lowest BCUT2D eigenvalue weighted by molar-refractivity contribution is 0.0942. The van der Waals surface area contributed by atoms with Gasteiger partial charge in [0.1, 0.15) is 11.6 Å². The third-order valence-electron chi connectivity index (χ3n) is 4.25. The van der Waals surface area contributed by atoms with Crippen LogP contribution in [0.5, 0.6) is 0 Å². The van der Waals surface area contributed by atoms with Crippen molar-refractivity contribution in [3.8, 4) is 0 Å². The van der Waals surface area contributed by atoms with Crippen molar-refractivity contribution < 1.29 is 13.6 Å². The molecule has 1 aromatic heterocycles. The lowest BCUT2D eigenvalue weighted by Gasteiger charge is -2.25. The maximum Gasteiger partial charge on any atom is 0.255 e. The topological polar surface area (TPSA) is 44.9 Å². The number of aromatic amines is 1. The number of hydrogen-bond donors (Lipinski definition) is 2. The molecule has 3 nitrogen and oxygen atoms in total. The molecule has 0 fully saturated rings. The summed E-state index contributed by atoms with van der Waals surface area (Å²) in [4.78, 5) is 15.4. The van der Waals surface area contributed by atoms with Crippen molar-refractivity contribution >= 4 is 28.4 Å². The summed E-state index contributed by atoms with van der Waals surface area (Å²) in [6, 6.07) is 8.61. The second-order valence-corrected chi connectivity index (χ2v) is 6.96. The number of nitrogens with one attached hydrogen (secondary N) is 2. The van der Waals surface area contributed by atoms with Crippen LogP contribution in [0, 0.1) is 11.6 Å². The van der Waals surface area contributed by atoms with Gasteiger partial charge in [0.05, 0.1) is 10.6 Å². The number of H-pyrrole nitrogens is 1. The Bertz CT molecular complexity index is 929. The minimum absolute atomic E-state index is 0.0597. The van der Waals surface area contributed by atoms with Crippen LogP contribution in [0.15, 0.2) is 42.6 Å². The molecular formula is C19H17ClF2N2O. The standard InChI is InChI=1S/C19H17ClF2N2O/c1-19(2,13-9-23-16-7-6-11(21)8-12(13)16)10-24-18(25)17-14(20)4-3-5-15(17)22/h3-9,23H,10H2,1-2H3,(H,24,25). The minimum atomic E-state index is -0.669. The Morgan fingerprint density at radius 2 is 2.00 bits per heavy atom. The monoisotopic (exact) mass is 362 g/mol. The molecule has 0 bridgehead atoms. The molecule has 0 aliphatic carbocycles. The van der Waals surface area contributed by atoms with Crippen LogP contribution in [-0.4, -0.2) is 17.4 Å². The van der Waals surface area contributed by atoms with Gasteiger partial charge in [0, 0.05) is 29.1 Å². The number of amides is 1. The van der Waals surface area contributed by atoms with Gasteiger partial charge in [-0.1, -0.05) is 31.5 Å². The highest BCUT2D eigenvalue weighted by molar-refractivity contribution is 6.33. The molecule has 3 aromatic rings. The van der Waals surface area contributed by atoms with E-state index in [9.17, 15) is 13.6 Å². The molecule has 0 atom stereocenters. The van der Waals surface area contributed by atoms with E-state index in [1.807, 2.05) is 13.8 Å². The average Bonchev–Trinajstić information content (AvgIpc) is 2.96. The van der Waals surface area contributed by atoms with Crippen molar-refractivity contribution in [1.82, 2.24) is 10.3 Å². The van der Waals surface area contributed by atoms with Gasteiger partial charge >= 0.3 is 0 Å². The average molecular weight is 363 g/mol. The summed E-state index contributed by atoms with van der Waals surface area (Å²) in [6.07, 6.45) is 1.80. The fourth-order valence-corrected chi connectivity index (χ4v) is 3.10. The summed E-state index contributed by atoms with van der Waals surface area (Å²) in [5.41, 5.74) is 0.999. The van der Waals surface area contributed by atoms with Crippen LogP contribution >= 0.6 is 11.6 Å². The summed E-state index contributed by atoms with van der Waals surface area (Å²) in [7, 11) is 0. The van der Waals surface area contributed by atoms with Crippen molar-refractivity contribution in [2.24, 2.45) is 0 Å². The Morgan fingerprint density at radius 1 is 1.24 bits per heavy atom. The highest BCUT2D eigenvalue weighted by atomic mass is 35.5. The molecule has 6 heteroatoms. The van der Waals surface area contributed by atoms with Crippen molar-refractivity contribution in [2.75, 3.05) is 6.54 Å². The predicted molar refractivity (Wildman–Crippen MR) is 95.0 cm³/mol. The maximum atomic E-state index is 13.9. The largest absolute Gasteiger partial charge is 0.361 e. The molecule has 0 unspecified atom stereocenters. The van der Waals surface area contributed by atoms with Crippen molar-refractivity contribution in [3.63, 3.8) is 0 Å². The van der Waals surface area contributed by atoms with Crippen LogP contribution in [0.4, 0.5) is 8.78 Å². The quantitative estimate of drug-likeness (QED) is 0.687. The van der Waals surface area contributed by atoms with Gasteiger partial charge in [0.25, 0.3) is 5.91 Å². The smallest absolute Gasteiger partial charge is 0.255 e. The fraction of sp³-hybridized carbons (Fsp3) is 0.211. The molecule has 0 aliphatic rings. The normalized spacial score (nSPS) is 11.7. The number of halogens is 3. The predicted octanol–water partition coefficient (Wildman–Crippen LogP) is 4.81. The van der Waals surface area contributed by atoms with E-state index >= 15 is 0 Å². The van der Waals surface area contributed by atoms with Crippen LogP contribution in [0.3, 0.4) is 0 Å². The fourth-order valence-electron chi connectivity index (χ4n) is 2.85. The summed E-state index contributed by atoms with van der Waals surface area (Å²) in [5, 5.41) is 3.53. The minimum Gasteiger partial charge on any atom is -0.361 e. The van der Waals surface area contributed by atoms with E-state index in [0.29, 0.717) is 0 Å². The lowest BCUT2D eigenvalue weighted by atomic mass is 9.84. The number of rotatable bonds is 4. The number of fused-ring (bicyclic) bond motifs is 1. The molecule has 2 N–H and O–H groups in total. The van der Waals surface area contributed by atoms with Crippen molar-refractivity contribution in [1.29, 1.82) is 0 Å². The SMILES string of the molecule is CC(C)(CNC(=O)c1c(F)cccc1Cl)c1c[nH]c2ccc(F)cc12. The van der Waals surface area contributed by atoms with Crippen LogP contribution < -0.4 is 5.32 Å². The van der Waals surface area contributed by atoms with Gasteiger partial charge in [-0.05, 0) is 35.9 Å². The van der Waals surface area contributed by atoms with E-state index in [0.717, 1.165) is 16.5 Å². The van der Waals surface area contributed by atoms with Gasteiger partial charge in [-0.3, -0.25) is 4.79 Å². The van der Waals surface area contributed by atoms with Gasteiger partial charge in [-0.15, -0.1) is 0 Å². The van der Waals surface area contributed by atoms with Crippen LogP contribution in [-0.2, 0) is 5.41 Å². The molecule has 0 saturated carbocycles. The Morgan fingerprint density at radius 3 is 2.72 bits per heavy atom. The second-order valence-electron chi connectivity index (χ2n) is 6.56. The Balaban J connectivity index is 1.84. The van der Waals surface area contributed by atoms with Crippen LogP contribution in [0.2, 0.25) is 5.02 Å². The van der Waals surface area contributed by atoms with Crippen LogP contribution in [0.25, 0.3) is 10.9 Å². The molecule has 0 radical (unpaired) electrons. The molecule has 2 aromatic carbocycles.